The third-order valence-electron chi connectivity index (χ3n) is 2.82. The Balaban J connectivity index is 1.89. The summed E-state index contributed by atoms with van der Waals surface area (Å²) in [6.07, 6.45) is 6.61. The molecule has 1 aliphatic carbocycles. The van der Waals surface area contributed by atoms with Gasteiger partial charge in [0, 0.05) is 16.2 Å². The van der Waals surface area contributed by atoms with E-state index in [4.69, 9.17) is 10.2 Å². The van der Waals surface area contributed by atoms with Crippen LogP contribution in [0.5, 0.6) is 0 Å². The smallest absolute Gasteiger partial charge is 0.114 e. The number of hydrogen-bond acceptors (Lipinski definition) is 3. The number of hydrogen-bond donors (Lipinski definition) is 1. The summed E-state index contributed by atoms with van der Waals surface area (Å²) in [4.78, 5) is 1.30. The Labute approximate surface area is 89.2 Å². The van der Waals surface area contributed by atoms with E-state index in [2.05, 4.69) is 6.07 Å². The van der Waals surface area contributed by atoms with Crippen LogP contribution in [-0.4, -0.2) is 11.3 Å². The summed E-state index contributed by atoms with van der Waals surface area (Å²) >= 11 is 1.95. The molecule has 0 aliphatic heterocycles. The van der Waals surface area contributed by atoms with Crippen molar-refractivity contribution in [1.29, 1.82) is 0 Å². The third kappa shape index (κ3) is 2.34. The molecule has 1 saturated carbocycles. The van der Waals surface area contributed by atoms with E-state index in [0.717, 1.165) is 11.0 Å². The van der Waals surface area contributed by atoms with Gasteiger partial charge in [0.25, 0.3) is 0 Å². The third-order valence-corrected chi connectivity index (χ3v) is 4.31. The molecule has 0 atom stereocenters. The number of furan rings is 1. The standard InChI is InChI=1S/C11H17NOS/c1-8-11(6-7-13-8)14-10-4-2-9(12)3-5-10/h6-7,9-10H,2-5,12H2,1H3. The van der Waals surface area contributed by atoms with E-state index in [0.29, 0.717) is 6.04 Å². The van der Waals surface area contributed by atoms with Crippen LogP contribution in [0.2, 0.25) is 0 Å². The minimum atomic E-state index is 0.442. The molecule has 0 unspecified atom stereocenters. The van der Waals surface area contributed by atoms with Crippen molar-refractivity contribution in [2.75, 3.05) is 0 Å². The van der Waals surface area contributed by atoms with Crippen LogP contribution in [0.15, 0.2) is 21.6 Å². The maximum Gasteiger partial charge on any atom is 0.114 e. The summed E-state index contributed by atoms with van der Waals surface area (Å²) in [7, 11) is 0. The lowest BCUT2D eigenvalue weighted by molar-refractivity contribution is 0.450. The van der Waals surface area contributed by atoms with Gasteiger partial charge in [-0.1, -0.05) is 0 Å². The lowest BCUT2D eigenvalue weighted by atomic mass is 9.96. The van der Waals surface area contributed by atoms with Crippen molar-refractivity contribution in [3.05, 3.63) is 18.1 Å². The van der Waals surface area contributed by atoms with Crippen LogP contribution < -0.4 is 5.73 Å². The van der Waals surface area contributed by atoms with Gasteiger partial charge >= 0.3 is 0 Å². The fourth-order valence-electron chi connectivity index (χ4n) is 1.88. The maximum atomic E-state index is 5.87. The maximum absolute atomic E-state index is 5.87. The quantitative estimate of drug-likeness (QED) is 0.817. The highest BCUT2D eigenvalue weighted by molar-refractivity contribution is 8.00. The van der Waals surface area contributed by atoms with Crippen LogP contribution in [0.1, 0.15) is 31.4 Å². The molecule has 78 valence electrons. The van der Waals surface area contributed by atoms with Crippen LogP contribution >= 0.6 is 11.8 Å². The fourth-order valence-corrected chi connectivity index (χ4v) is 3.10. The molecule has 0 aromatic carbocycles. The van der Waals surface area contributed by atoms with Crippen LogP contribution in [0.4, 0.5) is 0 Å². The zero-order valence-electron chi connectivity index (χ0n) is 8.53. The molecule has 1 fully saturated rings. The molecule has 0 radical (unpaired) electrons. The van der Waals surface area contributed by atoms with Gasteiger partial charge in [-0.3, -0.25) is 0 Å². The summed E-state index contributed by atoms with van der Waals surface area (Å²) in [5.74, 6) is 1.05. The Morgan fingerprint density at radius 2 is 2.07 bits per heavy atom. The molecule has 1 aliphatic rings. The monoisotopic (exact) mass is 211 g/mol. The molecule has 3 heteroatoms. The van der Waals surface area contributed by atoms with E-state index in [1.807, 2.05) is 18.7 Å². The molecular formula is C11H17NOS. The second-order valence-corrected chi connectivity index (χ2v) is 5.34. The Bertz CT molecular complexity index is 289. The first-order chi connectivity index (χ1) is 6.75. The molecule has 0 bridgehead atoms. The first-order valence-electron chi connectivity index (χ1n) is 5.22. The first-order valence-corrected chi connectivity index (χ1v) is 6.10. The lowest BCUT2D eigenvalue weighted by Crippen LogP contribution is -2.27. The van der Waals surface area contributed by atoms with E-state index < -0.39 is 0 Å². The van der Waals surface area contributed by atoms with Crippen molar-refractivity contribution >= 4 is 11.8 Å². The molecule has 1 aromatic rings. The SMILES string of the molecule is Cc1occc1SC1CCC(N)CC1. The van der Waals surface area contributed by atoms with Crippen molar-refractivity contribution in [2.45, 2.75) is 48.8 Å². The minimum Gasteiger partial charge on any atom is -0.468 e. The van der Waals surface area contributed by atoms with Crippen molar-refractivity contribution in [3.8, 4) is 0 Å². The normalized spacial score (nSPS) is 27.9. The summed E-state index contributed by atoms with van der Waals surface area (Å²) < 4.78 is 5.28. The number of nitrogens with two attached hydrogens (primary N) is 1. The molecule has 0 amide bonds. The van der Waals surface area contributed by atoms with Gasteiger partial charge in [0.2, 0.25) is 0 Å². The summed E-state index contributed by atoms with van der Waals surface area (Å²) in [6, 6.07) is 2.51. The Morgan fingerprint density at radius 1 is 1.36 bits per heavy atom. The van der Waals surface area contributed by atoms with Gasteiger partial charge in [-0.15, -0.1) is 11.8 Å². The van der Waals surface area contributed by atoms with Gasteiger partial charge in [-0.2, -0.15) is 0 Å². The Morgan fingerprint density at radius 3 is 2.64 bits per heavy atom. The molecule has 1 heterocycles. The lowest BCUT2D eigenvalue weighted by Gasteiger charge is -2.25. The van der Waals surface area contributed by atoms with Gasteiger partial charge in [-0.05, 0) is 38.7 Å². The number of aryl methyl sites for hydroxylation is 1. The number of rotatable bonds is 2. The van der Waals surface area contributed by atoms with Gasteiger partial charge in [0.05, 0.1) is 6.26 Å². The molecule has 0 saturated heterocycles. The van der Waals surface area contributed by atoms with Crippen LogP contribution in [0.3, 0.4) is 0 Å². The fraction of sp³-hybridized carbons (Fsp3) is 0.636. The number of thioether (sulfide) groups is 1. The summed E-state index contributed by atoms with van der Waals surface area (Å²) in [6.45, 7) is 2.02. The Kier molecular flexibility index (Phi) is 3.19. The average Bonchev–Trinajstić information content (AvgIpc) is 2.56. The van der Waals surface area contributed by atoms with Crippen molar-refractivity contribution in [1.82, 2.24) is 0 Å². The molecule has 2 rings (SSSR count). The van der Waals surface area contributed by atoms with Gasteiger partial charge in [0.1, 0.15) is 5.76 Å². The zero-order valence-corrected chi connectivity index (χ0v) is 9.35. The Hall–Kier alpha value is -0.410. The average molecular weight is 211 g/mol. The first kappa shape index (κ1) is 10.1. The van der Waals surface area contributed by atoms with E-state index in [9.17, 15) is 0 Å². The summed E-state index contributed by atoms with van der Waals surface area (Å²) in [5, 5.41) is 0.742. The molecule has 0 spiro atoms. The van der Waals surface area contributed by atoms with E-state index in [1.54, 1.807) is 6.26 Å². The molecule has 2 N–H and O–H groups in total. The van der Waals surface area contributed by atoms with Crippen LogP contribution in [0.25, 0.3) is 0 Å². The highest BCUT2D eigenvalue weighted by Gasteiger charge is 2.20. The summed E-state index contributed by atoms with van der Waals surface area (Å²) in [5.41, 5.74) is 5.87. The largest absolute Gasteiger partial charge is 0.468 e. The molecular weight excluding hydrogens is 194 g/mol. The minimum absolute atomic E-state index is 0.442. The predicted octanol–water partition coefficient (Wildman–Crippen LogP) is 2.95. The molecule has 1 aromatic heterocycles. The molecule has 14 heavy (non-hydrogen) atoms. The van der Waals surface area contributed by atoms with Gasteiger partial charge in [-0.25, -0.2) is 0 Å². The van der Waals surface area contributed by atoms with Crippen LogP contribution in [-0.2, 0) is 0 Å². The predicted molar refractivity (Wildman–Crippen MR) is 59.5 cm³/mol. The zero-order chi connectivity index (χ0) is 9.97. The van der Waals surface area contributed by atoms with Crippen molar-refractivity contribution in [3.63, 3.8) is 0 Å². The molecule has 2 nitrogen and oxygen atoms in total. The van der Waals surface area contributed by atoms with E-state index >= 15 is 0 Å². The van der Waals surface area contributed by atoms with Crippen molar-refractivity contribution in [2.24, 2.45) is 5.73 Å². The van der Waals surface area contributed by atoms with Crippen LogP contribution in [0, 0.1) is 6.92 Å². The second kappa shape index (κ2) is 4.41. The van der Waals surface area contributed by atoms with E-state index in [-0.39, 0.29) is 0 Å². The van der Waals surface area contributed by atoms with Crippen molar-refractivity contribution < 1.29 is 4.42 Å². The topological polar surface area (TPSA) is 39.2 Å². The highest BCUT2D eigenvalue weighted by atomic mass is 32.2. The van der Waals surface area contributed by atoms with Gasteiger partial charge in [0.15, 0.2) is 0 Å². The second-order valence-electron chi connectivity index (χ2n) is 4.00. The van der Waals surface area contributed by atoms with Gasteiger partial charge < -0.3 is 10.2 Å². The van der Waals surface area contributed by atoms with E-state index in [1.165, 1.54) is 30.6 Å². The highest BCUT2D eigenvalue weighted by Crippen LogP contribution is 2.35.